The number of nitrogens with zero attached hydrogens (tertiary/aromatic N) is 2. The average molecular weight is 253 g/mol. The molecule has 88 valence electrons. The van der Waals surface area contributed by atoms with Crippen molar-refractivity contribution in [3.05, 3.63) is 58.9 Å². The minimum atomic E-state index is -0.445. The highest BCUT2D eigenvalue weighted by Gasteiger charge is 2.16. The molecule has 1 unspecified atom stereocenters. The Kier molecular flexibility index (Phi) is 3.63. The van der Waals surface area contributed by atoms with Crippen molar-refractivity contribution in [1.82, 2.24) is 15.4 Å². The molecule has 0 aliphatic rings. The van der Waals surface area contributed by atoms with Gasteiger partial charge in [0.05, 0.1) is 6.04 Å². The molecule has 1 heterocycles. The molecule has 1 aromatic heterocycles. The number of halogens is 2. The summed E-state index contributed by atoms with van der Waals surface area (Å²) in [5.74, 6) is 5.10. The largest absolute Gasteiger partial charge is 0.271 e. The lowest BCUT2D eigenvalue weighted by molar-refractivity contribution is 0.603. The molecule has 0 saturated heterocycles. The van der Waals surface area contributed by atoms with Gasteiger partial charge >= 0.3 is 0 Å². The minimum absolute atomic E-state index is 0.374. The highest BCUT2D eigenvalue weighted by Crippen LogP contribution is 2.27. The van der Waals surface area contributed by atoms with E-state index in [4.69, 9.17) is 17.4 Å². The van der Waals surface area contributed by atoms with Crippen LogP contribution >= 0.6 is 11.6 Å². The third-order valence-corrected chi connectivity index (χ3v) is 2.69. The maximum absolute atomic E-state index is 13.2. The number of hydrogen-bond donors (Lipinski definition) is 2. The van der Waals surface area contributed by atoms with Gasteiger partial charge in [0.1, 0.15) is 12.1 Å². The number of nitrogens with two attached hydrogens (primary N) is 1. The van der Waals surface area contributed by atoms with Gasteiger partial charge in [-0.05, 0) is 23.8 Å². The number of benzene rings is 1. The second-order valence-corrected chi connectivity index (χ2v) is 3.84. The summed E-state index contributed by atoms with van der Waals surface area (Å²) in [5.41, 5.74) is 3.83. The second kappa shape index (κ2) is 5.18. The summed E-state index contributed by atoms with van der Waals surface area (Å²) in [6, 6.07) is 3.67. The van der Waals surface area contributed by atoms with E-state index in [-0.39, 0.29) is 5.82 Å². The van der Waals surface area contributed by atoms with Crippen LogP contribution in [-0.4, -0.2) is 9.97 Å². The summed E-state index contributed by atoms with van der Waals surface area (Å²) in [5, 5.41) is 0.429. The molecule has 4 nitrogen and oxygen atoms in total. The first kappa shape index (κ1) is 11.9. The van der Waals surface area contributed by atoms with Gasteiger partial charge in [-0.15, -0.1) is 0 Å². The monoisotopic (exact) mass is 252 g/mol. The van der Waals surface area contributed by atoms with Gasteiger partial charge in [-0.3, -0.25) is 5.84 Å². The summed E-state index contributed by atoms with van der Waals surface area (Å²) in [6.45, 7) is 0. The van der Waals surface area contributed by atoms with Crippen molar-refractivity contribution in [2.75, 3.05) is 0 Å². The van der Waals surface area contributed by atoms with Crippen LogP contribution in [0.25, 0.3) is 0 Å². The van der Waals surface area contributed by atoms with Gasteiger partial charge in [0.15, 0.2) is 0 Å². The maximum atomic E-state index is 13.2. The molecule has 0 radical (unpaired) electrons. The average Bonchev–Trinajstić information content (AvgIpc) is 2.36. The lowest BCUT2D eigenvalue weighted by Gasteiger charge is -2.17. The summed E-state index contributed by atoms with van der Waals surface area (Å²) in [7, 11) is 0. The quantitative estimate of drug-likeness (QED) is 0.646. The highest BCUT2D eigenvalue weighted by atomic mass is 35.5. The predicted octanol–water partition coefficient (Wildman–Crippen LogP) is 1.82. The first-order valence-electron chi connectivity index (χ1n) is 4.88. The van der Waals surface area contributed by atoms with Crippen molar-refractivity contribution >= 4 is 11.6 Å². The van der Waals surface area contributed by atoms with E-state index in [9.17, 15) is 4.39 Å². The van der Waals surface area contributed by atoms with Gasteiger partial charge in [0.2, 0.25) is 0 Å². The molecule has 0 fully saturated rings. The first-order chi connectivity index (χ1) is 8.22. The molecule has 17 heavy (non-hydrogen) atoms. The Labute approximate surface area is 103 Å². The molecular weight excluding hydrogens is 243 g/mol. The zero-order chi connectivity index (χ0) is 12.3. The van der Waals surface area contributed by atoms with Gasteiger partial charge in [0.25, 0.3) is 0 Å². The first-order valence-corrected chi connectivity index (χ1v) is 5.26. The minimum Gasteiger partial charge on any atom is -0.271 e. The van der Waals surface area contributed by atoms with E-state index in [0.717, 1.165) is 0 Å². The van der Waals surface area contributed by atoms with Crippen LogP contribution in [0.2, 0.25) is 5.02 Å². The van der Waals surface area contributed by atoms with Crippen LogP contribution in [0, 0.1) is 5.82 Å². The Morgan fingerprint density at radius 1 is 1.29 bits per heavy atom. The maximum Gasteiger partial charge on any atom is 0.123 e. The third-order valence-electron chi connectivity index (χ3n) is 2.35. The number of aromatic nitrogens is 2. The van der Waals surface area contributed by atoms with Crippen LogP contribution in [0.3, 0.4) is 0 Å². The summed E-state index contributed by atoms with van der Waals surface area (Å²) < 4.78 is 13.2. The second-order valence-electron chi connectivity index (χ2n) is 3.44. The van der Waals surface area contributed by atoms with E-state index in [1.54, 1.807) is 12.4 Å². The van der Waals surface area contributed by atoms with E-state index < -0.39 is 6.04 Å². The smallest absolute Gasteiger partial charge is 0.123 e. The van der Waals surface area contributed by atoms with E-state index in [0.29, 0.717) is 16.1 Å². The number of rotatable bonds is 3. The molecule has 2 aromatic rings. The molecule has 2 rings (SSSR count). The molecule has 0 aliphatic heterocycles. The SMILES string of the molecule is NNC(c1cncnc1)c1cc(F)ccc1Cl. The Morgan fingerprint density at radius 3 is 2.65 bits per heavy atom. The summed E-state index contributed by atoms with van der Waals surface area (Å²) in [6.07, 6.45) is 4.60. The summed E-state index contributed by atoms with van der Waals surface area (Å²) >= 11 is 6.02. The van der Waals surface area contributed by atoms with Crippen molar-refractivity contribution in [1.29, 1.82) is 0 Å². The Hall–Kier alpha value is -1.56. The van der Waals surface area contributed by atoms with Crippen molar-refractivity contribution in [2.45, 2.75) is 6.04 Å². The number of hydrogen-bond acceptors (Lipinski definition) is 4. The zero-order valence-corrected chi connectivity index (χ0v) is 9.53. The Balaban J connectivity index is 2.46. The third kappa shape index (κ3) is 2.58. The Bertz CT molecular complexity index is 506. The van der Waals surface area contributed by atoms with Crippen LogP contribution in [0.15, 0.2) is 36.9 Å². The molecule has 0 aliphatic carbocycles. The van der Waals surface area contributed by atoms with E-state index in [1.807, 2.05) is 0 Å². The molecule has 0 amide bonds. The van der Waals surface area contributed by atoms with Gasteiger partial charge in [-0.1, -0.05) is 11.6 Å². The molecular formula is C11H10ClFN4. The van der Waals surface area contributed by atoms with E-state index in [1.165, 1.54) is 24.5 Å². The summed E-state index contributed by atoms with van der Waals surface area (Å²) in [4.78, 5) is 7.78. The van der Waals surface area contributed by atoms with Crippen LogP contribution in [0.5, 0.6) is 0 Å². The van der Waals surface area contributed by atoms with Gasteiger partial charge in [0, 0.05) is 23.0 Å². The van der Waals surface area contributed by atoms with Crippen LogP contribution in [0.1, 0.15) is 17.2 Å². The topological polar surface area (TPSA) is 63.8 Å². The fraction of sp³-hybridized carbons (Fsp3) is 0.0909. The van der Waals surface area contributed by atoms with E-state index >= 15 is 0 Å². The zero-order valence-electron chi connectivity index (χ0n) is 8.77. The normalized spacial score (nSPS) is 12.4. The van der Waals surface area contributed by atoms with Gasteiger partial charge in [-0.2, -0.15) is 0 Å². The Morgan fingerprint density at radius 2 is 2.00 bits per heavy atom. The molecule has 1 atom stereocenters. The molecule has 1 aromatic carbocycles. The van der Waals surface area contributed by atoms with Crippen molar-refractivity contribution in [3.63, 3.8) is 0 Å². The molecule has 6 heteroatoms. The fourth-order valence-electron chi connectivity index (χ4n) is 1.56. The van der Waals surface area contributed by atoms with Crippen LogP contribution in [0.4, 0.5) is 4.39 Å². The number of hydrazine groups is 1. The number of nitrogens with one attached hydrogen (secondary N) is 1. The van der Waals surface area contributed by atoms with E-state index in [2.05, 4.69) is 15.4 Å². The van der Waals surface area contributed by atoms with Crippen molar-refractivity contribution in [2.24, 2.45) is 5.84 Å². The van der Waals surface area contributed by atoms with Crippen LogP contribution < -0.4 is 11.3 Å². The van der Waals surface area contributed by atoms with Crippen molar-refractivity contribution < 1.29 is 4.39 Å². The molecule has 0 spiro atoms. The lowest BCUT2D eigenvalue weighted by Crippen LogP contribution is -2.29. The standard InChI is InChI=1S/C11H10ClFN4/c12-10-2-1-8(13)3-9(10)11(17-14)7-4-15-6-16-5-7/h1-6,11,17H,14H2. The van der Waals surface area contributed by atoms with Crippen molar-refractivity contribution in [3.8, 4) is 0 Å². The fourth-order valence-corrected chi connectivity index (χ4v) is 1.79. The predicted molar refractivity (Wildman–Crippen MR) is 62.6 cm³/mol. The lowest BCUT2D eigenvalue weighted by atomic mass is 10.0. The highest BCUT2D eigenvalue weighted by molar-refractivity contribution is 6.31. The molecule has 3 N–H and O–H groups in total. The van der Waals surface area contributed by atoms with Gasteiger partial charge in [-0.25, -0.2) is 19.8 Å². The molecule has 0 saturated carbocycles. The van der Waals surface area contributed by atoms with Gasteiger partial charge < -0.3 is 0 Å². The molecule has 0 bridgehead atoms. The van der Waals surface area contributed by atoms with Crippen LogP contribution in [-0.2, 0) is 0 Å².